The third kappa shape index (κ3) is 3.77. The maximum absolute atomic E-state index is 13.4. The average molecular weight is 290 g/mol. The summed E-state index contributed by atoms with van der Waals surface area (Å²) < 4.78 is 28.0. The summed E-state index contributed by atoms with van der Waals surface area (Å²) in [6.45, 7) is 8.90. The number of hydrogen-bond donors (Lipinski definition) is 1. The van der Waals surface area contributed by atoms with Gasteiger partial charge in [0, 0.05) is 31.9 Å². The number of rotatable bonds is 4. The van der Waals surface area contributed by atoms with E-state index in [0.717, 1.165) is 5.71 Å². The molecular weight excluding hydrogens is 267 g/mol. The van der Waals surface area contributed by atoms with Gasteiger partial charge in [0.2, 0.25) is 0 Å². The molecule has 0 aromatic rings. The lowest BCUT2D eigenvalue weighted by atomic mass is 10.5. The molecule has 0 spiro atoms. The molecule has 0 aliphatic carbocycles. The molecule has 0 aromatic heterocycles. The molecule has 2 saturated heterocycles. The Morgan fingerprint density at radius 3 is 1.79 bits per heavy atom. The highest BCUT2D eigenvalue weighted by atomic mass is 31.2. The molecule has 0 saturated carbocycles. The van der Waals surface area contributed by atoms with Crippen LogP contribution in [0.15, 0.2) is 5.10 Å². The molecule has 2 aliphatic rings. The maximum Gasteiger partial charge on any atom is 0.324 e. The molecule has 7 nitrogen and oxygen atoms in total. The van der Waals surface area contributed by atoms with Crippen LogP contribution in [0.2, 0.25) is 0 Å². The second-order valence-corrected chi connectivity index (χ2v) is 7.25. The van der Waals surface area contributed by atoms with E-state index in [1.807, 2.05) is 23.2 Å². The summed E-state index contributed by atoms with van der Waals surface area (Å²) in [6.07, 6.45) is 0. The maximum atomic E-state index is 13.4. The van der Waals surface area contributed by atoms with Crippen molar-refractivity contribution >= 4 is 13.3 Å². The summed E-state index contributed by atoms with van der Waals surface area (Å²) >= 11 is 0. The third-order valence-corrected chi connectivity index (χ3v) is 5.84. The largest absolute Gasteiger partial charge is 0.379 e. The fraction of sp³-hybridized carbons (Fsp3) is 0.909. The number of hydrogen-bond acceptors (Lipinski definition) is 4. The molecule has 0 bridgehead atoms. The molecule has 2 fully saturated rings. The van der Waals surface area contributed by atoms with Crippen LogP contribution in [0.3, 0.4) is 0 Å². The lowest BCUT2D eigenvalue weighted by Crippen LogP contribution is -2.46. The van der Waals surface area contributed by atoms with Crippen LogP contribution in [0, 0.1) is 0 Å². The molecule has 0 aromatic carbocycles. The number of ether oxygens (including phenoxy) is 2. The van der Waals surface area contributed by atoms with Crippen LogP contribution >= 0.6 is 7.59 Å². The lowest BCUT2D eigenvalue weighted by Gasteiger charge is -2.41. The van der Waals surface area contributed by atoms with Gasteiger partial charge < -0.3 is 9.47 Å². The summed E-state index contributed by atoms with van der Waals surface area (Å²) in [5, 5.41) is 7.10. The molecule has 0 amide bonds. The van der Waals surface area contributed by atoms with Crippen molar-refractivity contribution in [3.05, 3.63) is 0 Å². The number of nitrogens with one attached hydrogen (secondary N) is 1. The van der Waals surface area contributed by atoms with Gasteiger partial charge in [-0.15, -0.1) is 0 Å². The lowest BCUT2D eigenvalue weighted by molar-refractivity contribution is 0.0511. The van der Waals surface area contributed by atoms with Crippen molar-refractivity contribution in [2.75, 3.05) is 52.6 Å². The Hall–Kier alpha value is -0.460. The molecule has 2 rings (SSSR count). The van der Waals surface area contributed by atoms with E-state index in [1.54, 1.807) is 0 Å². The molecule has 8 heteroatoms. The van der Waals surface area contributed by atoms with Crippen LogP contribution in [-0.2, 0) is 14.0 Å². The van der Waals surface area contributed by atoms with Gasteiger partial charge in [-0.3, -0.25) is 4.57 Å². The van der Waals surface area contributed by atoms with E-state index in [2.05, 4.69) is 10.3 Å². The Labute approximate surface area is 114 Å². The first kappa shape index (κ1) is 14.9. The van der Waals surface area contributed by atoms with Gasteiger partial charge in [-0.25, -0.2) is 14.5 Å². The predicted molar refractivity (Wildman–Crippen MR) is 74.3 cm³/mol. The van der Waals surface area contributed by atoms with Crippen LogP contribution < -0.4 is 5.20 Å². The van der Waals surface area contributed by atoms with E-state index in [0.29, 0.717) is 52.6 Å². The molecule has 19 heavy (non-hydrogen) atoms. The van der Waals surface area contributed by atoms with Crippen LogP contribution in [0.4, 0.5) is 0 Å². The predicted octanol–water partition coefficient (Wildman–Crippen LogP) is 0.744. The first-order valence-corrected chi connectivity index (χ1v) is 8.29. The van der Waals surface area contributed by atoms with E-state index in [4.69, 9.17) is 9.47 Å². The zero-order chi connectivity index (χ0) is 13.7. The van der Waals surface area contributed by atoms with Crippen LogP contribution in [0.5, 0.6) is 0 Å². The van der Waals surface area contributed by atoms with Gasteiger partial charge in [-0.05, 0) is 13.8 Å². The second kappa shape index (κ2) is 6.81. The van der Waals surface area contributed by atoms with Gasteiger partial charge in [-0.2, -0.15) is 5.10 Å². The highest BCUT2D eigenvalue weighted by Gasteiger charge is 2.39. The number of nitrogens with zero attached hydrogens (tertiary/aromatic N) is 3. The van der Waals surface area contributed by atoms with Crippen molar-refractivity contribution < 1.29 is 14.0 Å². The second-order valence-electron chi connectivity index (χ2n) is 4.84. The van der Waals surface area contributed by atoms with Crippen molar-refractivity contribution in [1.29, 1.82) is 0 Å². The monoisotopic (exact) mass is 290 g/mol. The summed E-state index contributed by atoms with van der Waals surface area (Å²) in [7, 11) is -2.85. The van der Waals surface area contributed by atoms with E-state index in [9.17, 15) is 4.57 Å². The molecule has 0 atom stereocenters. The normalized spacial score (nSPS) is 23.1. The fourth-order valence-electron chi connectivity index (χ4n) is 2.12. The SMILES string of the molecule is CC(C)=NNP(=O)(N1CCOCC1)N1CCOCC1. The Morgan fingerprint density at radius 2 is 1.42 bits per heavy atom. The minimum atomic E-state index is -2.85. The molecule has 0 radical (unpaired) electrons. The standard InChI is InChI=1S/C11H23N4O3P/c1-11(2)12-13-19(16,14-3-7-17-8-4-14)15-5-9-18-10-6-15/h3-10H2,1-2H3,(H,13,16). The molecule has 110 valence electrons. The number of hydrazone groups is 1. The van der Waals surface area contributed by atoms with Crippen LogP contribution in [-0.4, -0.2) is 67.7 Å². The highest BCUT2D eigenvalue weighted by Crippen LogP contribution is 2.49. The van der Waals surface area contributed by atoms with Gasteiger partial charge in [0.15, 0.2) is 0 Å². The zero-order valence-corrected chi connectivity index (χ0v) is 12.6. The summed E-state index contributed by atoms with van der Waals surface area (Å²) in [4.78, 5) is 0. The summed E-state index contributed by atoms with van der Waals surface area (Å²) in [6, 6.07) is 0. The minimum Gasteiger partial charge on any atom is -0.379 e. The van der Waals surface area contributed by atoms with Gasteiger partial charge >= 0.3 is 7.59 Å². The number of morpholine rings is 2. The van der Waals surface area contributed by atoms with Crippen molar-refractivity contribution in [1.82, 2.24) is 14.5 Å². The zero-order valence-electron chi connectivity index (χ0n) is 11.7. The quantitative estimate of drug-likeness (QED) is 0.468. The first-order chi connectivity index (χ1) is 9.13. The Bertz CT molecular complexity index is 339. The van der Waals surface area contributed by atoms with E-state index < -0.39 is 7.59 Å². The van der Waals surface area contributed by atoms with Crippen molar-refractivity contribution in [3.63, 3.8) is 0 Å². The molecule has 0 unspecified atom stereocenters. The van der Waals surface area contributed by atoms with Gasteiger partial charge in [0.25, 0.3) is 0 Å². The summed E-state index contributed by atoms with van der Waals surface area (Å²) in [5.41, 5.74) is 0.863. The fourth-order valence-corrected chi connectivity index (χ4v) is 4.47. The molecule has 1 N–H and O–H groups in total. The Balaban J connectivity index is 2.14. The van der Waals surface area contributed by atoms with Gasteiger partial charge in [0.1, 0.15) is 0 Å². The van der Waals surface area contributed by atoms with Gasteiger partial charge in [0.05, 0.1) is 26.4 Å². The van der Waals surface area contributed by atoms with Crippen LogP contribution in [0.1, 0.15) is 13.8 Å². The van der Waals surface area contributed by atoms with Crippen molar-refractivity contribution in [2.45, 2.75) is 13.8 Å². The smallest absolute Gasteiger partial charge is 0.324 e. The van der Waals surface area contributed by atoms with E-state index >= 15 is 0 Å². The van der Waals surface area contributed by atoms with Crippen molar-refractivity contribution in [3.8, 4) is 0 Å². The molecule has 2 heterocycles. The molecular formula is C11H23N4O3P. The molecule has 2 aliphatic heterocycles. The third-order valence-electron chi connectivity index (χ3n) is 3.15. The van der Waals surface area contributed by atoms with Gasteiger partial charge in [-0.1, -0.05) is 0 Å². The van der Waals surface area contributed by atoms with Crippen LogP contribution in [0.25, 0.3) is 0 Å². The highest BCUT2D eigenvalue weighted by molar-refractivity contribution is 7.56. The Morgan fingerprint density at radius 1 is 1.00 bits per heavy atom. The van der Waals surface area contributed by atoms with E-state index in [-0.39, 0.29) is 0 Å². The first-order valence-electron chi connectivity index (χ1n) is 6.67. The minimum absolute atomic E-state index is 0.616. The van der Waals surface area contributed by atoms with E-state index in [1.165, 1.54) is 0 Å². The average Bonchev–Trinajstić information content (AvgIpc) is 2.46. The Kier molecular flexibility index (Phi) is 5.36. The van der Waals surface area contributed by atoms with Crippen molar-refractivity contribution in [2.24, 2.45) is 5.10 Å². The summed E-state index contributed by atoms with van der Waals surface area (Å²) in [5.74, 6) is 0. The topological polar surface area (TPSA) is 66.4 Å².